The van der Waals surface area contributed by atoms with Crippen molar-refractivity contribution in [3.8, 4) is 5.75 Å². The molecule has 0 saturated carbocycles. The van der Waals surface area contributed by atoms with Crippen molar-refractivity contribution < 1.29 is 22.7 Å². The van der Waals surface area contributed by atoms with E-state index in [4.69, 9.17) is 9.47 Å². The molecule has 0 unspecified atom stereocenters. The molecule has 25 heavy (non-hydrogen) atoms. The van der Waals surface area contributed by atoms with Gasteiger partial charge in [-0.1, -0.05) is 0 Å². The lowest BCUT2D eigenvalue weighted by atomic mass is 10.2. The second-order valence-electron chi connectivity index (χ2n) is 5.76. The van der Waals surface area contributed by atoms with Crippen molar-refractivity contribution in [2.75, 3.05) is 53.0 Å². The Morgan fingerprint density at radius 1 is 1.32 bits per heavy atom. The maximum absolute atomic E-state index is 12.3. The molecule has 0 aromatic heterocycles. The molecule has 1 amide bonds. The van der Waals surface area contributed by atoms with Crippen LogP contribution in [0, 0.1) is 6.92 Å². The fraction of sp³-hybridized carbons (Fsp3) is 0.562. The van der Waals surface area contributed by atoms with Crippen LogP contribution in [0.15, 0.2) is 23.1 Å². The minimum atomic E-state index is -3.75. The molecule has 1 fully saturated rings. The number of nitrogens with zero attached hydrogens (tertiary/aromatic N) is 1. The van der Waals surface area contributed by atoms with Crippen molar-refractivity contribution in [1.82, 2.24) is 14.9 Å². The monoisotopic (exact) mass is 371 g/mol. The van der Waals surface area contributed by atoms with E-state index in [1.165, 1.54) is 13.2 Å². The molecule has 1 saturated heterocycles. The molecule has 0 radical (unpaired) electrons. The molecule has 140 valence electrons. The Labute approximate surface area is 148 Å². The summed E-state index contributed by atoms with van der Waals surface area (Å²) in [5, 5.41) is 2.72. The molecule has 2 rings (SSSR count). The molecule has 1 aromatic rings. The Morgan fingerprint density at radius 2 is 2.04 bits per heavy atom. The maximum Gasteiger partial charge on any atom is 0.241 e. The average molecular weight is 371 g/mol. The van der Waals surface area contributed by atoms with Gasteiger partial charge in [-0.05, 0) is 30.7 Å². The highest BCUT2D eigenvalue weighted by atomic mass is 32.2. The van der Waals surface area contributed by atoms with Crippen LogP contribution in [0.2, 0.25) is 0 Å². The van der Waals surface area contributed by atoms with Gasteiger partial charge in [0.15, 0.2) is 0 Å². The SMILES string of the molecule is COc1ccc(S(=O)(=O)NCC(=O)NCCN2CCOCC2)c(C)c1. The van der Waals surface area contributed by atoms with E-state index in [1.807, 2.05) is 0 Å². The summed E-state index contributed by atoms with van der Waals surface area (Å²) in [5.41, 5.74) is 0.555. The third-order valence-corrected chi connectivity index (χ3v) is 5.51. The van der Waals surface area contributed by atoms with Crippen LogP contribution in [0.1, 0.15) is 5.56 Å². The van der Waals surface area contributed by atoms with E-state index in [0.717, 1.165) is 19.6 Å². The Kier molecular flexibility index (Phi) is 7.18. The number of methoxy groups -OCH3 is 1. The van der Waals surface area contributed by atoms with Gasteiger partial charge >= 0.3 is 0 Å². The molecule has 1 aliphatic rings. The van der Waals surface area contributed by atoms with Crippen molar-refractivity contribution in [1.29, 1.82) is 0 Å². The molecule has 9 heteroatoms. The van der Waals surface area contributed by atoms with Crippen molar-refractivity contribution >= 4 is 15.9 Å². The number of carbonyl (C=O) groups excluding carboxylic acids is 1. The zero-order valence-corrected chi connectivity index (χ0v) is 15.4. The lowest BCUT2D eigenvalue weighted by molar-refractivity contribution is -0.120. The summed E-state index contributed by atoms with van der Waals surface area (Å²) in [5.74, 6) is 0.223. The summed E-state index contributed by atoms with van der Waals surface area (Å²) in [6.45, 7) is 5.68. The van der Waals surface area contributed by atoms with Gasteiger partial charge in [0.25, 0.3) is 0 Å². The number of benzene rings is 1. The number of aryl methyl sites for hydroxylation is 1. The van der Waals surface area contributed by atoms with Gasteiger partial charge in [-0.15, -0.1) is 0 Å². The third kappa shape index (κ3) is 5.96. The minimum absolute atomic E-state index is 0.134. The van der Waals surface area contributed by atoms with Crippen molar-refractivity contribution in [3.05, 3.63) is 23.8 Å². The second kappa shape index (κ2) is 9.14. The second-order valence-corrected chi connectivity index (χ2v) is 7.50. The van der Waals surface area contributed by atoms with Crippen molar-refractivity contribution in [2.45, 2.75) is 11.8 Å². The van der Waals surface area contributed by atoms with E-state index >= 15 is 0 Å². The highest BCUT2D eigenvalue weighted by molar-refractivity contribution is 7.89. The lowest BCUT2D eigenvalue weighted by Gasteiger charge is -2.26. The number of hydrogen-bond donors (Lipinski definition) is 2. The summed E-state index contributed by atoms with van der Waals surface area (Å²) in [4.78, 5) is 14.2. The first-order valence-electron chi connectivity index (χ1n) is 8.13. The van der Waals surface area contributed by atoms with Gasteiger partial charge in [0, 0.05) is 26.2 Å². The predicted molar refractivity (Wildman–Crippen MR) is 93.2 cm³/mol. The number of ether oxygens (including phenoxy) is 2. The maximum atomic E-state index is 12.3. The van der Waals surface area contributed by atoms with Gasteiger partial charge in [0.1, 0.15) is 5.75 Å². The van der Waals surface area contributed by atoms with Crippen LogP contribution >= 0.6 is 0 Å². The average Bonchev–Trinajstić information content (AvgIpc) is 2.60. The highest BCUT2D eigenvalue weighted by Crippen LogP contribution is 2.20. The molecule has 8 nitrogen and oxygen atoms in total. The molecular formula is C16H25N3O5S. The first-order chi connectivity index (χ1) is 11.9. The van der Waals surface area contributed by atoms with E-state index in [-0.39, 0.29) is 17.3 Å². The van der Waals surface area contributed by atoms with Gasteiger partial charge in [-0.2, -0.15) is 0 Å². The Bertz CT molecular complexity index is 687. The van der Waals surface area contributed by atoms with Gasteiger partial charge in [0.2, 0.25) is 15.9 Å². The lowest BCUT2D eigenvalue weighted by Crippen LogP contribution is -2.43. The summed E-state index contributed by atoms with van der Waals surface area (Å²) in [6, 6.07) is 4.67. The molecule has 0 aliphatic carbocycles. The predicted octanol–water partition coefficient (Wildman–Crippen LogP) is -0.270. The molecule has 1 heterocycles. The Morgan fingerprint density at radius 3 is 2.68 bits per heavy atom. The van der Waals surface area contributed by atoms with Crippen LogP contribution < -0.4 is 14.8 Å². The number of sulfonamides is 1. The van der Waals surface area contributed by atoms with Crippen LogP contribution in [0.3, 0.4) is 0 Å². The van der Waals surface area contributed by atoms with Gasteiger partial charge in [0.05, 0.1) is 31.8 Å². The van der Waals surface area contributed by atoms with Crippen LogP contribution in [0.5, 0.6) is 5.75 Å². The van der Waals surface area contributed by atoms with E-state index in [0.29, 0.717) is 31.1 Å². The van der Waals surface area contributed by atoms with Crippen LogP contribution in [0.4, 0.5) is 0 Å². The summed E-state index contributed by atoms with van der Waals surface area (Å²) < 4.78 is 37.3. The van der Waals surface area contributed by atoms with Gasteiger partial charge in [-0.25, -0.2) is 13.1 Å². The number of hydrogen-bond acceptors (Lipinski definition) is 6. The first kappa shape index (κ1) is 19.6. The summed E-state index contributed by atoms with van der Waals surface area (Å²) in [7, 11) is -2.23. The quantitative estimate of drug-likeness (QED) is 0.653. The molecule has 2 N–H and O–H groups in total. The zero-order valence-electron chi connectivity index (χ0n) is 14.6. The molecule has 1 aromatic carbocycles. The van der Waals surface area contributed by atoms with E-state index < -0.39 is 10.0 Å². The van der Waals surface area contributed by atoms with Crippen molar-refractivity contribution in [3.63, 3.8) is 0 Å². The largest absolute Gasteiger partial charge is 0.497 e. The number of morpholine rings is 1. The molecular weight excluding hydrogens is 346 g/mol. The van der Waals surface area contributed by atoms with E-state index in [1.54, 1.807) is 19.1 Å². The van der Waals surface area contributed by atoms with Crippen LogP contribution in [-0.2, 0) is 19.6 Å². The van der Waals surface area contributed by atoms with Crippen LogP contribution in [-0.4, -0.2) is 72.3 Å². The fourth-order valence-corrected chi connectivity index (χ4v) is 3.74. The normalized spacial score (nSPS) is 15.8. The summed E-state index contributed by atoms with van der Waals surface area (Å²) in [6.07, 6.45) is 0. The van der Waals surface area contributed by atoms with E-state index in [9.17, 15) is 13.2 Å². The first-order valence-corrected chi connectivity index (χ1v) is 9.62. The molecule has 0 atom stereocenters. The van der Waals surface area contributed by atoms with Gasteiger partial charge in [-0.3, -0.25) is 9.69 Å². The molecule has 1 aliphatic heterocycles. The third-order valence-electron chi connectivity index (χ3n) is 3.95. The Balaban J connectivity index is 1.79. The highest BCUT2D eigenvalue weighted by Gasteiger charge is 2.18. The van der Waals surface area contributed by atoms with Gasteiger partial charge < -0.3 is 14.8 Å². The smallest absolute Gasteiger partial charge is 0.241 e. The standard InChI is InChI=1S/C16H25N3O5S/c1-13-11-14(23-2)3-4-15(13)25(21,22)18-12-16(20)17-5-6-19-7-9-24-10-8-19/h3-4,11,18H,5-10,12H2,1-2H3,(H,17,20). The summed E-state index contributed by atoms with van der Waals surface area (Å²) >= 11 is 0. The van der Waals surface area contributed by atoms with Crippen LogP contribution in [0.25, 0.3) is 0 Å². The zero-order chi connectivity index (χ0) is 18.3. The number of nitrogens with one attached hydrogen (secondary N) is 2. The van der Waals surface area contributed by atoms with Crippen molar-refractivity contribution in [2.24, 2.45) is 0 Å². The molecule has 0 bridgehead atoms. The minimum Gasteiger partial charge on any atom is -0.497 e. The molecule has 0 spiro atoms. The van der Waals surface area contributed by atoms with E-state index in [2.05, 4.69) is 14.9 Å². The fourth-order valence-electron chi connectivity index (χ4n) is 2.53. The number of carbonyl (C=O) groups is 1. The topological polar surface area (TPSA) is 97.0 Å². The Hall–Kier alpha value is -1.68. The number of rotatable bonds is 8. The number of amides is 1.